The molecule has 0 spiro atoms. The van der Waals surface area contributed by atoms with Crippen LogP contribution in [0.3, 0.4) is 0 Å². The third kappa shape index (κ3) is 7.04. The number of hydrogen-bond acceptors (Lipinski definition) is 4. The van der Waals surface area contributed by atoms with Crippen molar-refractivity contribution < 1.29 is 4.79 Å². The number of nitrogens with zero attached hydrogens (tertiary/aromatic N) is 3. The predicted octanol–water partition coefficient (Wildman–Crippen LogP) is 1.21. The van der Waals surface area contributed by atoms with E-state index in [0.717, 1.165) is 16.4 Å². The molecule has 1 aromatic rings. The number of hydrogen-bond donors (Lipinski definition) is 2. The van der Waals surface area contributed by atoms with E-state index < -0.39 is 0 Å². The number of nitrogens with one attached hydrogen (secondary N) is 2. The van der Waals surface area contributed by atoms with Gasteiger partial charge in [0.1, 0.15) is 6.54 Å². The molecular weight excluding hydrogens is 389 g/mol. The molecule has 0 atom stereocenters. The highest BCUT2D eigenvalue weighted by molar-refractivity contribution is 14.0. The summed E-state index contributed by atoms with van der Waals surface area (Å²) in [5.41, 5.74) is 0. The summed E-state index contributed by atoms with van der Waals surface area (Å²) in [5.74, 6) is 0.620. The van der Waals surface area contributed by atoms with Gasteiger partial charge in [0.25, 0.3) is 0 Å². The molecule has 0 aliphatic carbocycles. The first-order chi connectivity index (χ1) is 9.02. The quantitative estimate of drug-likeness (QED) is 0.434. The summed E-state index contributed by atoms with van der Waals surface area (Å²) in [5, 5.41) is 7.33. The maximum atomic E-state index is 11.5. The van der Waals surface area contributed by atoms with Crippen molar-refractivity contribution in [1.82, 2.24) is 20.5 Å². The fourth-order valence-corrected chi connectivity index (χ4v) is 2.02. The minimum Gasteiger partial charge on any atom is -0.357 e. The van der Waals surface area contributed by atoms with Crippen LogP contribution in [-0.4, -0.2) is 48.9 Å². The monoisotopic (exact) mass is 411 g/mol. The molecule has 0 bridgehead atoms. The Morgan fingerprint density at radius 1 is 1.45 bits per heavy atom. The first-order valence-corrected chi connectivity index (χ1v) is 6.98. The van der Waals surface area contributed by atoms with Gasteiger partial charge >= 0.3 is 0 Å². The van der Waals surface area contributed by atoms with E-state index in [9.17, 15) is 4.79 Å². The van der Waals surface area contributed by atoms with Gasteiger partial charge in [-0.2, -0.15) is 0 Å². The van der Waals surface area contributed by atoms with E-state index in [1.807, 2.05) is 20.0 Å². The number of aliphatic imine (C=N–C) groups is 1. The highest BCUT2D eigenvalue weighted by Crippen LogP contribution is 2.10. The molecule has 1 aromatic heterocycles. The number of guanidine groups is 1. The molecule has 0 unspecified atom stereocenters. The molecule has 0 aromatic carbocycles. The Bertz CT molecular complexity index is 447. The highest BCUT2D eigenvalue weighted by atomic mass is 127. The SMILES string of the molecule is CCNC(=NCC(=O)N(C)C)NCc1cnc(C)s1.I. The first kappa shape index (κ1) is 19.1. The molecule has 114 valence electrons. The Labute approximate surface area is 141 Å². The van der Waals surface area contributed by atoms with Gasteiger partial charge in [0, 0.05) is 31.7 Å². The molecule has 1 rings (SSSR count). The van der Waals surface area contributed by atoms with Crippen LogP contribution in [0.2, 0.25) is 0 Å². The Morgan fingerprint density at radius 3 is 2.65 bits per heavy atom. The third-order valence-corrected chi connectivity index (χ3v) is 3.23. The molecule has 20 heavy (non-hydrogen) atoms. The normalized spacial score (nSPS) is 10.7. The lowest BCUT2D eigenvalue weighted by atomic mass is 10.5. The van der Waals surface area contributed by atoms with E-state index >= 15 is 0 Å². The second kappa shape index (κ2) is 9.92. The summed E-state index contributed by atoms with van der Waals surface area (Å²) in [4.78, 5) is 22.6. The van der Waals surface area contributed by atoms with Crippen molar-refractivity contribution in [2.75, 3.05) is 27.2 Å². The van der Waals surface area contributed by atoms with Crippen LogP contribution in [0, 0.1) is 6.92 Å². The Hall–Kier alpha value is -0.900. The Kier molecular flexibility index (Phi) is 9.47. The van der Waals surface area contributed by atoms with Gasteiger partial charge in [-0.1, -0.05) is 0 Å². The maximum Gasteiger partial charge on any atom is 0.243 e. The molecular formula is C12H22IN5OS. The van der Waals surface area contributed by atoms with E-state index in [-0.39, 0.29) is 36.4 Å². The average molecular weight is 411 g/mol. The number of thiazole rings is 1. The minimum atomic E-state index is -0.0224. The number of amides is 1. The molecule has 0 radical (unpaired) electrons. The molecule has 0 aliphatic rings. The highest BCUT2D eigenvalue weighted by Gasteiger charge is 2.04. The number of likely N-dealkylation sites (N-methyl/N-ethyl adjacent to an activating group) is 1. The van der Waals surface area contributed by atoms with Gasteiger partial charge in [0.2, 0.25) is 5.91 Å². The number of carbonyl (C=O) groups is 1. The number of aromatic nitrogens is 1. The zero-order chi connectivity index (χ0) is 14.3. The molecule has 1 heterocycles. The summed E-state index contributed by atoms with van der Waals surface area (Å²) >= 11 is 1.65. The van der Waals surface area contributed by atoms with Crippen LogP contribution in [0.15, 0.2) is 11.2 Å². The van der Waals surface area contributed by atoms with Crippen molar-refractivity contribution in [3.63, 3.8) is 0 Å². The van der Waals surface area contributed by atoms with Gasteiger partial charge in [0.15, 0.2) is 5.96 Å². The van der Waals surface area contributed by atoms with E-state index in [1.54, 1.807) is 25.4 Å². The summed E-state index contributed by atoms with van der Waals surface area (Å²) in [6.07, 6.45) is 1.85. The fourth-order valence-electron chi connectivity index (χ4n) is 1.29. The van der Waals surface area contributed by atoms with Crippen LogP contribution < -0.4 is 10.6 Å². The van der Waals surface area contributed by atoms with Crippen molar-refractivity contribution >= 4 is 47.2 Å². The second-order valence-corrected chi connectivity index (χ2v) is 5.50. The summed E-state index contributed by atoms with van der Waals surface area (Å²) in [7, 11) is 3.44. The molecule has 6 nitrogen and oxygen atoms in total. The van der Waals surface area contributed by atoms with E-state index in [1.165, 1.54) is 4.90 Å². The fraction of sp³-hybridized carbons (Fsp3) is 0.583. The number of aryl methyl sites for hydroxylation is 1. The summed E-state index contributed by atoms with van der Waals surface area (Å²) < 4.78 is 0. The van der Waals surface area contributed by atoms with Crippen molar-refractivity contribution in [2.24, 2.45) is 4.99 Å². The molecule has 0 aliphatic heterocycles. The molecule has 8 heteroatoms. The van der Waals surface area contributed by atoms with Crippen LogP contribution in [-0.2, 0) is 11.3 Å². The minimum absolute atomic E-state index is 0. The smallest absolute Gasteiger partial charge is 0.243 e. The van der Waals surface area contributed by atoms with Gasteiger partial charge < -0.3 is 15.5 Å². The number of rotatable bonds is 5. The molecule has 0 saturated carbocycles. The van der Waals surface area contributed by atoms with Crippen LogP contribution in [0.1, 0.15) is 16.8 Å². The van der Waals surface area contributed by atoms with Gasteiger partial charge in [-0.25, -0.2) is 9.98 Å². The van der Waals surface area contributed by atoms with Gasteiger partial charge in [0.05, 0.1) is 11.6 Å². The summed E-state index contributed by atoms with van der Waals surface area (Å²) in [6, 6.07) is 0. The second-order valence-electron chi connectivity index (χ2n) is 4.18. The van der Waals surface area contributed by atoms with E-state index in [4.69, 9.17) is 0 Å². The van der Waals surface area contributed by atoms with Crippen LogP contribution in [0.5, 0.6) is 0 Å². The molecule has 0 saturated heterocycles. The largest absolute Gasteiger partial charge is 0.357 e. The molecule has 2 N–H and O–H groups in total. The lowest BCUT2D eigenvalue weighted by Crippen LogP contribution is -2.37. The first-order valence-electron chi connectivity index (χ1n) is 6.16. The van der Waals surface area contributed by atoms with Crippen LogP contribution in [0.4, 0.5) is 0 Å². The van der Waals surface area contributed by atoms with Crippen molar-refractivity contribution in [1.29, 1.82) is 0 Å². The standard InChI is InChI=1S/C12H21N5OS.HI/c1-5-13-12(16-8-11(18)17(3)4)15-7-10-6-14-9(2)19-10;/h6H,5,7-8H2,1-4H3,(H2,13,15,16);1H. The van der Waals surface area contributed by atoms with Gasteiger partial charge in [-0.3, -0.25) is 4.79 Å². The van der Waals surface area contributed by atoms with Crippen molar-refractivity contribution in [3.05, 3.63) is 16.1 Å². The van der Waals surface area contributed by atoms with E-state index in [0.29, 0.717) is 12.5 Å². The third-order valence-electron chi connectivity index (χ3n) is 2.31. The lowest BCUT2D eigenvalue weighted by molar-refractivity contribution is -0.127. The maximum absolute atomic E-state index is 11.5. The van der Waals surface area contributed by atoms with Gasteiger partial charge in [-0.15, -0.1) is 35.3 Å². The summed E-state index contributed by atoms with van der Waals surface area (Å²) in [6.45, 7) is 5.52. The number of halogens is 1. The lowest BCUT2D eigenvalue weighted by Gasteiger charge is -2.12. The average Bonchev–Trinajstić information content (AvgIpc) is 2.78. The zero-order valence-corrected chi connectivity index (χ0v) is 15.4. The Morgan fingerprint density at radius 2 is 2.15 bits per heavy atom. The number of carbonyl (C=O) groups excluding carboxylic acids is 1. The van der Waals surface area contributed by atoms with E-state index in [2.05, 4.69) is 20.6 Å². The van der Waals surface area contributed by atoms with Crippen LogP contribution in [0.25, 0.3) is 0 Å². The predicted molar refractivity (Wildman–Crippen MR) is 93.8 cm³/mol. The van der Waals surface area contributed by atoms with Crippen LogP contribution >= 0.6 is 35.3 Å². The molecule has 0 fully saturated rings. The van der Waals surface area contributed by atoms with Gasteiger partial charge in [-0.05, 0) is 13.8 Å². The van der Waals surface area contributed by atoms with Crippen molar-refractivity contribution in [2.45, 2.75) is 20.4 Å². The van der Waals surface area contributed by atoms with Crippen molar-refractivity contribution in [3.8, 4) is 0 Å². The molecule has 1 amide bonds. The Balaban J connectivity index is 0.00000361. The zero-order valence-electron chi connectivity index (χ0n) is 12.3. The topological polar surface area (TPSA) is 69.6 Å².